The fourth-order valence-corrected chi connectivity index (χ4v) is 4.36. The van der Waals surface area contributed by atoms with Crippen LogP contribution < -0.4 is 10.4 Å². The summed E-state index contributed by atoms with van der Waals surface area (Å²) in [6, 6.07) is 21.9. The maximum atomic E-state index is 9.91. The van der Waals surface area contributed by atoms with E-state index >= 15 is 0 Å². The van der Waals surface area contributed by atoms with E-state index in [1.165, 1.54) is 35.3 Å². The highest BCUT2D eigenvalue weighted by molar-refractivity contribution is 5.28. The van der Waals surface area contributed by atoms with E-state index in [2.05, 4.69) is 86.2 Å². The lowest BCUT2D eigenvalue weighted by Gasteiger charge is -2.41. The molecular formula is C23H31N2O+. The molecule has 4 atom stereocenters. The molecule has 0 bridgehead atoms. The predicted molar refractivity (Wildman–Crippen MR) is 106 cm³/mol. The monoisotopic (exact) mass is 351 g/mol. The van der Waals surface area contributed by atoms with Gasteiger partial charge in [0.1, 0.15) is 12.1 Å². The summed E-state index contributed by atoms with van der Waals surface area (Å²) in [6.45, 7) is 2.24. The van der Waals surface area contributed by atoms with Crippen LogP contribution in [0.2, 0.25) is 0 Å². The Morgan fingerprint density at radius 3 is 2.12 bits per heavy atom. The molecule has 0 amide bonds. The predicted octanol–water partition coefficient (Wildman–Crippen LogP) is 4.06. The number of benzene rings is 2. The van der Waals surface area contributed by atoms with E-state index in [1.54, 1.807) is 0 Å². The molecule has 0 radical (unpaired) electrons. The van der Waals surface area contributed by atoms with Crippen LogP contribution in [0.15, 0.2) is 72.4 Å². The fourth-order valence-electron chi connectivity index (χ4n) is 4.36. The zero-order valence-electron chi connectivity index (χ0n) is 15.9. The number of quaternary nitrogens is 1. The number of unbranched alkanes of at least 4 members (excludes halogenated alkanes) is 2. The van der Waals surface area contributed by atoms with Crippen molar-refractivity contribution in [1.29, 1.82) is 0 Å². The maximum Gasteiger partial charge on any atom is 0.134 e. The van der Waals surface area contributed by atoms with Gasteiger partial charge in [0.15, 0.2) is 0 Å². The van der Waals surface area contributed by atoms with E-state index in [9.17, 15) is 5.21 Å². The molecule has 1 aliphatic heterocycles. The van der Waals surface area contributed by atoms with Crippen LogP contribution in [0.3, 0.4) is 0 Å². The quantitative estimate of drug-likeness (QED) is 0.520. The Labute approximate surface area is 157 Å². The van der Waals surface area contributed by atoms with Crippen LogP contribution in [-0.4, -0.2) is 12.3 Å². The minimum atomic E-state index is 0.221. The molecule has 0 aromatic heterocycles. The summed E-state index contributed by atoms with van der Waals surface area (Å²) in [7, 11) is 2.28. The summed E-state index contributed by atoms with van der Waals surface area (Å²) in [4.78, 5) is 1.46. The summed E-state index contributed by atoms with van der Waals surface area (Å²) in [5.74, 6) is 0.300. The first kappa shape index (κ1) is 18.7. The van der Waals surface area contributed by atoms with Crippen LogP contribution in [0.4, 0.5) is 0 Å². The lowest BCUT2D eigenvalue weighted by atomic mass is 9.80. The van der Waals surface area contributed by atoms with Gasteiger partial charge in [-0.1, -0.05) is 86.8 Å². The van der Waals surface area contributed by atoms with E-state index in [0.29, 0.717) is 12.0 Å². The molecule has 26 heavy (non-hydrogen) atoms. The molecule has 0 saturated heterocycles. The molecule has 1 unspecified atom stereocenters. The largest absolute Gasteiger partial charge is 0.321 e. The molecule has 138 valence electrons. The highest BCUT2D eigenvalue weighted by atomic mass is 16.5. The van der Waals surface area contributed by atoms with Crippen LogP contribution in [0.1, 0.15) is 55.8 Å². The van der Waals surface area contributed by atoms with Gasteiger partial charge in [-0.05, 0) is 12.5 Å². The van der Waals surface area contributed by atoms with Crippen LogP contribution in [0.25, 0.3) is 0 Å². The lowest BCUT2D eigenvalue weighted by molar-refractivity contribution is -0.942. The molecule has 1 aliphatic rings. The summed E-state index contributed by atoms with van der Waals surface area (Å²) in [5, 5.41) is 9.91. The summed E-state index contributed by atoms with van der Waals surface area (Å²) >= 11 is 0. The Morgan fingerprint density at radius 2 is 1.54 bits per heavy atom. The van der Waals surface area contributed by atoms with Crippen molar-refractivity contribution in [3.8, 4) is 0 Å². The van der Waals surface area contributed by atoms with Crippen molar-refractivity contribution in [3.05, 3.63) is 83.6 Å². The Bertz CT molecular complexity index is 699. The Morgan fingerprint density at radius 1 is 0.923 bits per heavy atom. The Hall–Kier alpha value is -2.10. The average Bonchev–Trinajstić information content (AvgIpc) is 2.70. The molecule has 1 heterocycles. The van der Waals surface area contributed by atoms with Gasteiger partial charge in [0.2, 0.25) is 0 Å². The summed E-state index contributed by atoms with van der Waals surface area (Å²) in [5.41, 5.74) is 6.14. The number of rotatable bonds is 7. The molecule has 3 nitrogen and oxygen atoms in total. The second kappa shape index (κ2) is 9.02. The first-order chi connectivity index (χ1) is 12.8. The van der Waals surface area contributed by atoms with E-state index < -0.39 is 0 Å². The van der Waals surface area contributed by atoms with Crippen molar-refractivity contribution in [1.82, 2.24) is 5.48 Å². The molecule has 2 aromatic carbocycles. The van der Waals surface area contributed by atoms with Crippen LogP contribution in [-0.2, 0) is 0 Å². The van der Waals surface area contributed by atoms with Crippen molar-refractivity contribution in [3.63, 3.8) is 0 Å². The van der Waals surface area contributed by atoms with Crippen LogP contribution in [0.5, 0.6) is 0 Å². The van der Waals surface area contributed by atoms with E-state index in [-0.39, 0.29) is 6.04 Å². The second-order valence-corrected chi connectivity index (χ2v) is 7.36. The van der Waals surface area contributed by atoms with Gasteiger partial charge < -0.3 is 4.90 Å². The SMILES string of the molecule is CCCCC[C@H]1C(NO)=C[C@@H](c2ccccc2)[NH+](C)[C@H]1c1ccccc1. The van der Waals surface area contributed by atoms with Crippen LogP contribution in [0, 0.1) is 5.92 Å². The van der Waals surface area contributed by atoms with Gasteiger partial charge in [0, 0.05) is 16.8 Å². The third-order valence-corrected chi connectivity index (χ3v) is 5.69. The zero-order valence-corrected chi connectivity index (χ0v) is 15.9. The van der Waals surface area contributed by atoms with Gasteiger partial charge in [0.25, 0.3) is 0 Å². The van der Waals surface area contributed by atoms with E-state index in [0.717, 1.165) is 12.1 Å². The van der Waals surface area contributed by atoms with Gasteiger partial charge in [-0.15, -0.1) is 0 Å². The molecule has 0 fully saturated rings. The first-order valence-corrected chi connectivity index (χ1v) is 9.81. The van der Waals surface area contributed by atoms with Gasteiger partial charge in [0.05, 0.1) is 13.0 Å². The van der Waals surface area contributed by atoms with Gasteiger partial charge in [-0.25, -0.2) is 0 Å². The maximum absolute atomic E-state index is 9.91. The zero-order chi connectivity index (χ0) is 18.4. The second-order valence-electron chi connectivity index (χ2n) is 7.36. The Kier molecular flexibility index (Phi) is 6.48. The molecule has 2 aromatic rings. The minimum absolute atomic E-state index is 0.221. The fraction of sp³-hybridized carbons (Fsp3) is 0.391. The number of nitrogens with one attached hydrogen (secondary N) is 2. The number of hydrogen-bond donors (Lipinski definition) is 3. The highest BCUT2D eigenvalue weighted by Gasteiger charge is 2.40. The van der Waals surface area contributed by atoms with Gasteiger partial charge >= 0.3 is 0 Å². The molecule has 0 saturated carbocycles. The Balaban J connectivity index is 2.00. The number of likely N-dealkylation sites (N-methyl/N-ethyl adjacent to an activating group) is 1. The first-order valence-electron chi connectivity index (χ1n) is 9.81. The van der Waals surface area contributed by atoms with Gasteiger partial charge in [-0.3, -0.25) is 10.7 Å². The van der Waals surface area contributed by atoms with Crippen LogP contribution >= 0.6 is 0 Å². The molecule has 3 heteroatoms. The standard InChI is InChI=1S/C23H30N2O/c1-3-4-7-16-20-21(24-26)17-22(18-12-8-5-9-13-18)25(2)23(20)19-14-10-6-11-15-19/h5-6,8-15,17,20,22-24,26H,3-4,7,16H2,1-2H3/p+1/t20-,22-,23-/m0/s1. The molecule has 0 spiro atoms. The normalized spacial score (nSPS) is 25.6. The highest BCUT2D eigenvalue weighted by Crippen LogP contribution is 2.34. The molecule has 0 aliphatic carbocycles. The van der Waals surface area contributed by atoms with Crippen molar-refractivity contribution in [2.75, 3.05) is 7.05 Å². The van der Waals surface area contributed by atoms with Crippen molar-refractivity contribution in [2.24, 2.45) is 5.92 Å². The molecule has 3 rings (SSSR count). The molecule has 3 N–H and O–H groups in total. The van der Waals surface area contributed by atoms with E-state index in [4.69, 9.17) is 0 Å². The molecular weight excluding hydrogens is 320 g/mol. The van der Waals surface area contributed by atoms with E-state index in [1.807, 2.05) is 0 Å². The smallest absolute Gasteiger partial charge is 0.134 e. The van der Waals surface area contributed by atoms with Crippen molar-refractivity contribution in [2.45, 2.75) is 44.7 Å². The topological polar surface area (TPSA) is 36.7 Å². The summed E-state index contributed by atoms with van der Waals surface area (Å²) in [6.07, 6.45) is 6.95. The van der Waals surface area contributed by atoms with Crippen molar-refractivity contribution >= 4 is 0 Å². The third-order valence-electron chi connectivity index (χ3n) is 5.69. The number of hydrogen-bond acceptors (Lipinski definition) is 2. The minimum Gasteiger partial charge on any atom is -0.321 e. The summed E-state index contributed by atoms with van der Waals surface area (Å²) < 4.78 is 0. The average molecular weight is 352 g/mol. The number of hydroxylamine groups is 1. The lowest BCUT2D eigenvalue weighted by Crippen LogP contribution is -3.11. The third kappa shape index (κ3) is 4.00. The van der Waals surface area contributed by atoms with Gasteiger partial charge in [-0.2, -0.15) is 0 Å². The van der Waals surface area contributed by atoms with Crippen molar-refractivity contribution < 1.29 is 10.1 Å².